The Labute approximate surface area is 168 Å². The maximum atomic E-state index is 13.1. The Kier molecular flexibility index (Phi) is 7.70. The molecular formula is C21H23FN2O5. The van der Waals surface area contributed by atoms with Crippen molar-refractivity contribution in [1.82, 2.24) is 0 Å². The highest BCUT2D eigenvalue weighted by molar-refractivity contribution is 5.95. The lowest BCUT2D eigenvalue weighted by molar-refractivity contribution is -0.149. The van der Waals surface area contributed by atoms with Crippen molar-refractivity contribution in [2.24, 2.45) is 5.73 Å². The molecule has 29 heavy (non-hydrogen) atoms. The molecule has 0 aromatic heterocycles. The standard InChI is InChI=1S/C21H23FN2O5/c1-14-9-15(2)11-18(10-14)28-13-21(27)29-12-20(26)24(8-7-19(23)25)17-5-3-16(22)4-6-17/h3-6,9-11H,7-8,12-13H2,1-2H3,(H2,23,25). The first-order valence-corrected chi connectivity index (χ1v) is 8.95. The van der Waals surface area contributed by atoms with Gasteiger partial charge in [0.2, 0.25) is 5.91 Å². The summed E-state index contributed by atoms with van der Waals surface area (Å²) in [7, 11) is 0. The van der Waals surface area contributed by atoms with E-state index in [1.165, 1.54) is 29.2 Å². The summed E-state index contributed by atoms with van der Waals surface area (Å²) in [6.07, 6.45) is -0.0904. The van der Waals surface area contributed by atoms with Gasteiger partial charge in [0.1, 0.15) is 11.6 Å². The third kappa shape index (κ3) is 7.25. The van der Waals surface area contributed by atoms with Crippen LogP contribution in [0.15, 0.2) is 42.5 Å². The van der Waals surface area contributed by atoms with Gasteiger partial charge in [0, 0.05) is 18.7 Å². The van der Waals surface area contributed by atoms with E-state index in [9.17, 15) is 18.8 Å². The van der Waals surface area contributed by atoms with Crippen molar-refractivity contribution in [1.29, 1.82) is 0 Å². The van der Waals surface area contributed by atoms with Gasteiger partial charge in [-0.15, -0.1) is 0 Å². The van der Waals surface area contributed by atoms with E-state index >= 15 is 0 Å². The fourth-order valence-electron chi connectivity index (χ4n) is 2.66. The average molecular weight is 402 g/mol. The second kappa shape index (κ2) is 10.2. The van der Waals surface area contributed by atoms with Gasteiger partial charge in [-0.2, -0.15) is 0 Å². The molecule has 0 saturated carbocycles. The zero-order valence-electron chi connectivity index (χ0n) is 16.3. The molecule has 0 spiro atoms. The molecule has 154 valence electrons. The van der Waals surface area contributed by atoms with Gasteiger partial charge >= 0.3 is 5.97 Å². The Morgan fingerprint density at radius 1 is 1.00 bits per heavy atom. The summed E-state index contributed by atoms with van der Waals surface area (Å²) in [5, 5.41) is 0. The molecule has 2 aromatic rings. The molecule has 2 amide bonds. The molecule has 0 heterocycles. The number of nitrogens with two attached hydrogens (primary N) is 1. The number of esters is 1. The quantitative estimate of drug-likeness (QED) is 0.649. The number of carbonyl (C=O) groups excluding carboxylic acids is 3. The number of hydrogen-bond donors (Lipinski definition) is 1. The highest BCUT2D eigenvalue weighted by atomic mass is 19.1. The first-order chi connectivity index (χ1) is 13.7. The zero-order valence-corrected chi connectivity index (χ0v) is 16.3. The van der Waals surface area contributed by atoms with Crippen LogP contribution in [0.5, 0.6) is 5.75 Å². The Morgan fingerprint density at radius 3 is 2.21 bits per heavy atom. The number of amides is 2. The van der Waals surface area contributed by atoms with E-state index in [1.807, 2.05) is 19.9 Å². The molecule has 0 atom stereocenters. The fourth-order valence-corrected chi connectivity index (χ4v) is 2.66. The molecule has 0 fully saturated rings. The fraction of sp³-hybridized carbons (Fsp3) is 0.286. The first-order valence-electron chi connectivity index (χ1n) is 8.95. The van der Waals surface area contributed by atoms with Gasteiger partial charge in [0.05, 0.1) is 0 Å². The normalized spacial score (nSPS) is 10.3. The molecule has 8 heteroatoms. The minimum atomic E-state index is -0.716. The van der Waals surface area contributed by atoms with Crippen molar-refractivity contribution in [2.45, 2.75) is 20.3 Å². The Bertz CT molecular complexity index is 863. The average Bonchev–Trinajstić information content (AvgIpc) is 2.65. The number of carbonyl (C=O) groups is 3. The molecule has 0 aliphatic heterocycles. The SMILES string of the molecule is Cc1cc(C)cc(OCC(=O)OCC(=O)N(CCC(N)=O)c2ccc(F)cc2)c1. The highest BCUT2D eigenvalue weighted by Gasteiger charge is 2.19. The molecule has 2 rings (SSSR count). The summed E-state index contributed by atoms with van der Waals surface area (Å²) in [5.74, 6) is -1.82. The van der Waals surface area contributed by atoms with Crippen LogP contribution in [0, 0.1) is 19.7 Å². The van der Waals surface area contributed by atoms with Crippen LogP contribution >= 0.6 is 0 Å². The van der Waals surface area contributed by atoms with Crippen LogP contribution in [-0.4, -0.2) is 37.5 Å². The molecule has 0 aliphatic carbocycles. The molecule has 0 radical (unpaired) electrons. The van der Waals surface area contributed by atoms with E-state index in [0.717, 1.165) is 11.1 Å². The van der Waals surface area contributed by atoms with E-state index in [-0.39, 0.29) is 19.6 Å². The number of rotatable bonds is 9. The number of benzene rings is 2. The number of primary amides is 1. The Balaban J connectivity index is 1.92. The van der Waals surface area contributed by atoms with Gasteiger partial charge in [-0.3, -0.25) is 9.59 Å². The van der Waals surface area contributed by atoms with Crippen LogP contribution in [0.3, 0.4) is 0 Å². The summed E-state index contributed by atoms with van der Waals surface area (Å²) in [5.41, 5.74) is 7.49. The van der Waals surface area contributed by atoms with Crippen LogP contribution in [0.2, 0.25) is 0 Å². The summed E-state index contributed by atoms with van der Waals surface area (Å²) in [4.78, 5) is 36.7. The predicted octanol–water partition coefficient (Wildman–Crippen LogP) is 2.27. The second-order valence-electron chi connectivity index (χ2n) is 6.51. The lowest BCUT2D eigenvalue weighted by Crippen LogP contribution is -2.37. The van der Waals surface area contributed by atoms with Gasteiger partial charge < -0.3 is 20.1 Å². The maximum absolute atomic E-state index is 13.1. The molecule has 2 N–H and O–H groups in total. The van der Waals surface area contributed by atoms with Crippen molar-refractivity contribution in [2.75, 3.05) is 24.7 Å². The summed E-state index contributed by atoms with van der Waals surface area (Å²) >= 11 is 0. The molecule has 0 bridgehead atoms. The van der Waals surface area contributed by atoms with Gasteiger partial charge in [-0.1, -0.05) is 6.07 Å². The molecule has 0 unspecified atom stereocenters. The monoisotopic (exact) mass is 402 g/mol. The Hall–Kier alpha value is -3.42. The van der Waals surface area contributed by atoms with Crippen LogP contribution in [0.1, 0.15) is 17.5 Å². The van der Waals surface area contributed by atoms with Gasteiger partial charge in [0.25, 0.3) is 5.91 Å². The smallest absolute Gasteiger partial charge is 0.344 e. The van der Waals surface area contributed by atoms with E-state index in [2.05, 4.69) is 0 Å². The van der Waals surface area contributed by atoms with Gasteiger partial charge in [-0.25, -0.2) is 9.18 Å². The predicted molar refractivity (Wildman–Crippen MR) is 105 cm³/mol. The van der Waals surface area contributed by atoms with E-state index in [4.69, 9.17) is 15.2 Å². The van der Waals surface area contributed by atoms with E-state index in [0.29, 0.717) is 11.4 Å². The van der Waals surface area contributed by atoms with Crippen molar-refractivity contribution >= 4 is 23.5 Å². The van der Waals surface area contributed by atoms with Crippen molar-refractivity contribution in [3.05, 3.63) is 59.4 Å². The van der Waals surface area contributed by atoms with Crippen LogP contribution < -0.4 is 15.4 Å². The third-order valence-electron chi connectivity index (χ3n) is 3.93. The maximum Gasteiger partial charge on any atom is 0.344 e. The molecular weight excluding hydrogens is 379 g/mol. The zero-order chi connectivity index (χ0) is 21.4. The minimum absolute atomic E-state index is 0.0174. The van der Waals surface area contributed by atoms with Crippen LogP contribution in [0.25, 0.3) is 0 Å². The number of halogens is 1. The van der Waals surface area contributed by atoms with Gasteiger partial charge in [0.15, 0.2) is 13.2 Å². The number of anilines is 1. The number of nitrogens with zero attached hydrogens (tertiary/aromatic N) is 1. The number of aryl methyl sites for hydroxylation is 2. The first kappa shape index (κ1) is 21.9. The number of hydrogen-bond acceptors (Lipinski definition) is 5. The second-order valence-corrected chi connectivity index (χ2v) is 6.51. The van der Waals surface area contributed by atoms with Gasteiger partial charge in [-0.05, 0) is 61.4 Å². The van der Waals surface area contributed by atoms with Crippen LogP contribution in [-0.2, 0) is 19.1 Å². The van der Waals surface area contributed by atoms with Crippen molar-refractivity contribution < 1.29 is 28.2 Å². The number of ether oxygens (including phenoxy) is 2. The largest absolute Gasteiger partial charge is 0.482 e. The van der Waals surface area contributed by atoms with E-state index < -0.39 is 30.2 Å². The van der Waals surface area contributed by atoms with E-state index in [1.54, 1.807) is 12.1 Å². The minimum Gasteiger partial charge on any atom is -0.482 e. The van der Waals surface area contributed by atoms with Crippen LogP contribution in [0.4, 0.5) is 10.1 Å². The Morgan fingerprint density at radius 2 is 1.62 bits per heavy atom. The lowest BCUT2D eigenvalue weighted by atomic mass is 10.1. The summed E-state index contributed by atoms with van der Waals surface area (Å²) < 4.78 is 23.5. The lowest BCUT2D eigenvalue weighted by Gasteiger charge is -2.22. The molecule has 0 saturated heterocycles. The third-order valence-corrected chi connectivity index (χ3v) is 3.93. The molecule has 0 aliphatic rings. The summed E-state index contributed by atoms with van der Waals surface area (Å²) in [6, 6.07) is 10.7. The van der Waals surface area contributed by atoms with Crippen molar-refractivity contribution in [3.63, 3.8) is 0 Å². The summed E-state index contributed by atoms with van der Waals surface area (Å²) in [6.45, 7) is 2.90. The topological polar surface area (TPSA) is 98.9 Å². The molecule has 2 aromatic carbocycles. The highest BCUT2D eigenvalue weighted by Crippen LogP contribution is 2.17. The molecule has 7 nitrogen and oxygen atoms in total. The van der Waals surface area contributed by atoms with Crippen molar-refractivity contribution in [3.8, 4) is 5.75 Å².